The van der Waals surface area contributed by atoms with E-state index in [-0.39, 0.29) is 11.8 Å². The number of alkyl halides is 1. The lowest BCUT2D eigenvalue weighted by Crippen LogP contribution is -2.26. The number of fused-ring (bicyclic) bond motifs is 1. The second kappa shape index (κ2) is 4.71. The monoisotopic (exact) mass is 271 g/mol. The van der Waals surface area contributed by atoms with E-state index < -0.39 is 5.38 Å². The van der Waals surface area contributed by atoms with Crippen molar-refractivity contribution in [3.63, 3.8) is 0 Å². The zero-order chi connectivity index (χ0) is 13.4. The van der Waals surface area contributed by atoms with Crippen LogP contribution < -0.4 is 4.90 Å². The zero-order valence-corrected chi connectivity index (χ0v) is 11.3. The summed E-state index contributed by atoms with van der Waals surface area (Å²) in [4.78, 5) is 14.1. The number of nitrogens with zero attached hydrogens (tertiary/aromatic N) is 1. The Kier molecular flexibility index (Phi) is 3.03. The highest BCUT2D eigenvalue weighted by Crippen LogP contribution is 2.38. The molecule has 0 aromatic heterocycles. The fourth-order valence-electron chi connectivity index (χ4n) is 2.46. The average Bonchev–Trinajstić information content (AvgIpc) is 2.61. The molecule has 1 aromatic carbocycles. The first-order valence-corrected chi connectivity index (χ1v) is 6.72. The molecule has 2 nitrogen and oxygen atoms in total. The molecule has 0 spiro atoms. The van der Waals surface area contributed by atoms with Crippen molar-refractivity contribution < 1.29 is 4.79 Å². The summed E-state index contributed by atoms with van der Waals surface area (Å²) in [6.07, 6.45) is 9.78. The highest BCUT2D eigenvalue weighted by Gasteiger charge is 2.42. The molecule has 1 aromatic rings. The molecule has 1 saturated heterocycles. The Bertz CT molecular complexity index is 598. The first-order chi connectivity index (χ1) is 9.18. The van der Waals surface area contributed by atoms with E-state index in [1.54, 1.807) is 4.90 Å². The largest absolute Gasteiger partial charge is 0.283 e. The quantitative estimate of drug-likeness (QED) is 0.715. The Balaban J connectivity index is 2.07. The molecule has 1 heterocycles. The van der Waals surface area contributed by atoms with Gasteiger partial charge in [0.15, 0.2) is 0 Å². The van der Waals surface area contributed by atoms with Crippen LogP contribution in [0.3, 0.4) is 0 Å². The van der Waals surface area contributed by atoms with Gasteiger partial charge in [-0.3, -0.25) is 9.69 Å². The minimum atomic E-state index is -0.524. The second-order valence-electron chi connectivity index (χ2n) is 4.80. The molecule has 0 unspecified atom stereocenters. The van der Waals surface area contributed by atoms with Crippen LogP contribution in [0.5, 0.6) is 0 Å². The van der Waals surface area contributed by atoms with Gasteiger partial charge < -0.3 is 0 Å². The lowest BCUT2D eigenvalue weighted by molar-refractivity contribution is -0.116. The fourth-order valence-corrected chi connectivity index (χ4v) is 2.77. The van der Waals surface area contributed by atoms with Crippen molar-refractivity contribution in [2.45, 2.75) is 12.3 Å². The maximum atomic E-state index is 12.4. The van der Waals surface area contributed by atoms with Crippen LogP contribution in [-0.4, -0.2) is 11.3 Å². The molecule has 2 aliphatic rings. The van der Waals surface area contributed by atoms with Gasteiger partial charge in [0.2, 0.25) is 5.91 Å². The Morgan fingerprint density at radius 1 is 1.11 bits per heavy atom. The van der Waals surface area contributed by atoms with Crippen molar-refractivity contribution in [1.29, 1.82) is 0 Å². The van der Waals surface area contributed by atoms with Crippen LogP contribution in [0.1, 0.15) is 5.56 Å². The molecule has 0 bridgehead atoms. The summed E-state index contributed by atoms with van der Waals surface area (Å²) in [6, 6.07) is 7.92. The van der Waals surface area contributed by atoms with Crippen LogP contribution in [0.4, 0.5) is 5.69 Å². The molecule has 1 aliphatic carbocycles. The number of benzene rings is 1. The van der Waals surface area contributed by atoms with Crippen LogP contribution in [-0.2, 0) is 4.79 Å². The first-order valence-electron chi connectivity index (χ1n) is 6.28. The van der Waals surface area contributed by atoms with Gasteiger partial charge in [-0.2, -0.15) is 0 Å². The molecule has 0 N–H and O–H groups in total. The van der Waals surface area contributed by atoms with E-state index in [2.05, 4.69) is 0 Å². The average molecular weight is 272 g/mol. The number of halogens is 1. The highest BCUT2D eigenvalue weighted by molar-refractivity contribution is 6.35. The van der Waals surface area contributed by atoms with E-state index in [4.69, 9.17) is 11.6 Å². The van der Waals surface area contributed by atoms with Crippen molar-refractivity contribution in [1.82, 2.24) is 0 Å². The summed E-state index contributed by atoms with van der Waals surface area (Å²) in [5.74, 6) is -0.104. The standard InChI is InChI=1S/C16H14ClNO/c1-11-7-9-12(10-8-11)18-14-6-4-2-3-5-13(14)15(17)16(18)19/h2-10,13,15H,1H3/t13-,15+/m1/s1. The molecule has 1 fully saturated rings. The SMILES string of the molecule is Cc1ccc(N2C(=O)[C@@H](Cl)[C@@H]3C=CC=CC=C32)cc1. The fraction of sp³-hybridized carbons (Fsp3) is 0.188. The van der Waals surface area contributed by atoms with Gasteiger partial charge in [0.25, 0.3) is 0 Å². The van der Waals surface area contributed by atoms with E-state index in [9.17, 15) is 4.79 Å². The van der Waals surface area contributed by atoms with Crippen LogP contribution in [0.15, 0.2) is 60.3 Å². The molecule has 1 aliphatic heterocycles. The highest BCUT2D eigenvalue weighted by atomic mass is 35.5. The minimum absolute atomic E-state index is 0.0505. The molecule has 2 atom stereocenters. The minimum Gasteiger partial charge on any atom is -0.283 e. The van der Waals surface area contributed by atoms with Crippen molar-refractivity contribution in [2.75, 3.05) is 4.90 Å². The number of aryl methyl sites for hydroxylation is 1. The Morgan fingerprint density at radius 2 is 1.84 bits per heavy atom. The van der Waals surface area contributed by atoms with Crippen molar-refractivity contribution in [3.05, 3.63) is 65.9 Å². The van der Waals surface area contributed by atoms with Gasteiger partial charge in [-0.05, 0) is 25.1 Å². The topological polar surface area (TPSA) is 20.3 Å². The summed E-state index contributed by atoms with van der Waals surface area (Å²) < 4.78 is 0. The van der Waals surface area contributed by atoms with Gasteiger partial charge in [0.1, 0.15) is 5.38 Å². The summed E-state index contributed by atoms with van der Waals surface area (Å²) >= 11 is 6.27. The lowest BCUT2D eigenvalue weighted by atomic mass is 10.0. The molecule has 96 valence electrons. The Morgan fingerprint density at radius 3 is 2.58 bits per heavy atom. The molecular weight excluding hydrogens is 258 g/mol. The molecular formula is C16H14ClNO. The van der Waals surface area contributed by atoms with Crippen molar-refractivity contribution in [2.24, 2.45) is 5.92 Å². The molecule has 3 heteroatoms. The third-order valence-corrected chi connectivity index (χ3v) is 3.93. The normalized spacial score (nSPS) is 25.3. The van der Waals surface area contributed by atoms with E-state index in [1.165, 1.54) is 5.56 Å². The van der Waals surface area contributed by atoms with E-state index in [0.717, 1.165) is 11.4 Å². The van der Waals surface area contributed by atoms with Gasteiger partial charge >= 0.3 is 0 Å². The first kappa shape index (κ1) is 12.2. The third-order valence-electron chi connectivity index (χ3n) is 3.47. The predicted octanol–water partition coefficient (Wildman–Crippen LogP) is 3.58. The number of carbonyl (C=O) groups excluding carboxylic acids is 1. The second-order valence-corrected chi connectivity index (χ2v) is 5.27. The maximum absolute atomic E-state index is 12.4. The Hall–Kier alpha value is -1.80. The summed E-state index contributed by atoms with van der Waals surface area (Å²) in [6.45, 7) is 2.03. The maximum Gasteiger partial charge on any atom is 0.250 e. The molecule has 1 amide bonds. The van der Waals surface area contributed by atoms with E-state index >= 15 is 0 Å². The number of carbonyl (C=O) groups is 1. The Labute approximate surface area is 117 Å². The number of rotatable bonds is 1. The number of amides is 1. The molecule has 3 rings (SSSR count). The molecule has 19 heavy (non-hydrogen) atoms. The lowest BCUT2D eigenvalue weighted by Gasteiger charge is -2.19. The summed E-state index contributed by atoms with van der Waals surface area (Å²) in [5.41, 5.74) is 2.99. The van der Waals surface area contributed by atoms with Crippen molar-refractivity contribution >= 4 is 23.2 Å². The van der Waals surface area contributed by atoms with Crippen LogP contribution in [0.2, 0.25) is 0 Å². The van der Waals surface area contributed by atoms with Crippen LogP contribution >= 0.6 is 11.6 Å². The number of anilines is 1. The third kappa shape index (κ3) is 2.02. The zero-order valence-electron chi connectivity index (χ0n) is 10.6. The van der Waals surface area contributed by atoms with Gasteiger partial charge in [-0.15, -0.1) is 11.6 Å². The molecule has 0 saturated carbocycles. The van der Waals surface area contributed by atoms with Gasteiger partial charge in [-0.25, -0.2) is 0 Å². The summed E-state index contributed by atoms with van der Waals surface area (Å²) in [7, 11) is 0. The van der Waals surface area contributed by atoms with Gasteiger partial charge in [0, 0.05) is 17.3 Å². The van der Waals surface area contributed by atoms with E-state index in [1.807, 2.05) is 61.6 Å². The van der Waals surface area contributed by atoms with Gasteiger partial charge in [0.05, 0.1) is 0 Å². The van der Waals surface area contributed by atoms with Crippen molar-refractivity contribution in [3.8, 4) is 0 Å². The summed E-state index contributed by atoms with van der Waals surface area (Å²) in [5, 5.41) is -0.524. The van der Waals surface area contributed by atoms with Crippen LogP contribution in [0.25, 0.3) is 0 Å². The van der Waals surface area contributed by atoms with Gasteiger partial charge in [-0.1, -0.05) is 42.0 Å². The smallest absolute Gasteiger partial charge is 0.250 e. The number of hydrogen-bond acceptors (Lipinski definition) is 1. The number of allylic oxidation sites excluding steroid dienone is 5. The molecule has 0 radical (unpaired) electrons. The van der Waals surface area contributed by atoms with E-state index in [0.29, 0.717) is 0 Å². The predicted molar refractivity (Wildman–Crippen MR) is 78.2 cm³/mol. The van der Waals surface area contributed by atoms with Crippen LogP contribution in [0, 0.1) is 12.8 Å². The number of hydrogen-bond donors (Lipinski definition) is 0.